The van der Waals surface area contributed by atoms with Gasteiger partial charge in [0.2, 0.25) is 0 Å². The van der Waals surface area contributed by atoms with Gasteiger partial charge in [0.05, 0.1) is 7.11 Å². The normalized spacial score (nSPS) is 10.2. The molecule has 4 heteroatoms. The third-order valence-electron chi connectivity index (χ3n) is 2.63. The van der Waals surface area contributed by atoms with Crippen molar-refractivity contribution in [1.29, 1.82) is 0 Å². The molecular formula is C14H21NO3. The molecule has 0 spiro atoms. The van der Waals surface area contributed by atoms with Crippen LogP contribution in [0.5, 0.6) is 5.75 Å². The molecule has 0 saturated carbocycles. The standard InChI is InChI=1S/C14H21NO3/c1-4-18-9-5-8-15-14(16)12-7-6-11(2)13(10-12)17-3/h6-7,10H,4-5,8-9H2,1-3H3,(H,15,16). The molecule has 0 bridgehead atoms. The zero-order valence-electron chi connectivity index (χ0n) is 11.3. The third kappa shape index (κ3) is 4.37. The summed E-state index contributed by atoms with van der Waals surface area (Å²) in [6, 6.07) is 5.44. The van der Waals surface area contributed by atoms with Crippen LogP contribution in [0.3, 0.4) is 0 Å². The first-order valence-electron chi connectivity index (χ1n) is 6.19. The van der Waals surface area contributed by atoms with Crippen LogP contribution in [0.25, 0.3) is 0 Å². The number of methoxy groups -OCH3 is 1. The average Bonchev–Trinajstić information content (AvgIpc) is 2.38. The first-order chi connectivity index (χ1) is 8.69. The monoisotopic (exact) mass is 251 g/mol. The van der Waals surface area contributed by atoms with Crippen molar-refractivity contribution >= 4 is 5.91 Å². The van der Waals surface area contributed by atoms with Gasteiger partial charge in [0.15, 0.2) is 0 Å². The molecule has 0 unspecified atom stereocenters. The summed E-state index contributed by atoms with van der Waals surface area (Å²) >= 11 is 0. The van der Waals surface area contributed by atoms with Gasteiger partial charge in [-0.05, 0) is 38.0 Å². The fourth-order valence-corrected chi connectivity index (χ4v) is 1.58. The lowest BCUT2D eigenvalue weighted by Gasteiger charge is -2.08. The minimum atomic E-state index is -0.0789. The van der Waals surface area contributed by atoms with E-state index in [1.54, 1.807) is 19.2 Å². The number of hydrogen-bond donors (Lipinski definition) is 1. The highest BCUT2D eigenvalue weighted by atomic mass is 16.5. The average molecular weight is 251 g/mol. The molecule has 0 aromatic heterocycles. The maximum absolute atomic E-state index is 11.8. The van der Waals surface area contributed by atoms with Gasteiger partial charge in [-0.3, -0.25) is 4.79 Å². The molecular weight excluding hydrogens is 230 g/mol. The van der Waals surface area contributed by atoms with Crippen LogP contribution in [0, 0.1) is 6.92 Å². The lowest BCUT2D eigenvalue weighted by atomic mass is 10.1. The Morgan fingerprint density at radius 3 is 2.83 bits per heavy atom. The Balaban J connectivity index is 2.46. The van der Waals surface area contributed by atoms with Crippen molar-refractivity contribution in [3.05, 3.63) is 29.3 Å². The van der Waals surface area contributed by atoms with Crippen LogP contribution < -0.4 is 10.1 Å². The maximum Gasteiger partial charge on any atom is 0.251 e. The summed E-state index contributed by atoms with van der Waals surface area (Å²) in [6.45, 7) is 5.91. The van der Waals surface area contributed by atoms with Gasteiger partial charge in [-0.25, -0.2) is 0 Å². The number of benzene rings is 1. The van der Waals surface area contributed by atoms with Crippen molar-refractivity contribution in [1.82, 2.24) is 5.32 Å². The molecule has 100 valence electrons. The number of carbonyl (C=O) groups excluding carboxylic acids is 1. The summed E-state index contributed by atoms with van der Waals surface area (Å²) in [5, 5.41) is 2.85. The van der Waals surface area contributed by atoms with E-state index in [1.807, 2.05) is 19.9 Å². The number of rotatable bonds is 7. The molecule has 1 aromatic carbocycles. The van der Waals surface area contributed by atoms with E-state index in [1.165, 1.54) is 0 Å². The summed E-state index contributed by atoms with van der Waals surface area (Å²) in [5.74, 6) is 0.654. The van der Waals surface area contributed by atoms with E-state index in [9.17, 15) is 4.79 Å². The second-order valence-electron chi connectivity index (χ2n) is 3.99. The van der Waals surface area contributed by atoms with Crippen LogP contribution >= 0.6 is 0 Å². The van der Waals surface area contributed by atoms with Crippen LogP contribution in [-0.4, -0.2) is 32.8 Å². The first kappa shape index (κ1) is 14.5. The Bertz CT molecular complexity index is 391. The number of carbonyl (C=O) groups is 1. The summed E-state index contributed by atoms with van der Waals surface area (Å²) < 4.78 is 10.4. The number of amides is 1. The van der Waals surface area contributed by atoms with Crippen molar-refractivity contribution < 1.29 is 14.3 Å². The van der Waals surface area contributed by atoms with E-state index in [-0.39, 0.29) is 5.91 Å². The summed E-state index contributed by atoms with van der Waals surface area (Å²) in [4.78, 5) is 11.8. The fourth-order valence-electron chi connectivity index (χ4n) is 1.58. The number of nitrogens with one attached hydrogen (secondary N) is 1. The number of aryl methyl sites for hydroxylation is 1. The molecule has 18 heavy (non-hydrogen) atoms. The van der Waals surface area contributed by atoms with E-state index in [0.29, 0.717) is 25.3 Å². The minimum Gasteiger partial charge on any atom is -0.496 e. The smallest absolute Gasteiger partial charge is 0.251 e. The molecule has 1 rings (SSSR count). The van der Waals surface area contributed by atoms with Crippen LogP contribution in [-0.2, 0) is 4.74 Å². The summed E-state index contributed by atoms with van der Waals surface area (Å²) in [6.07, 6.45) is 0.822. The molecule has 0 radical (unpaired) electrons. The zero-order chi connectivity index (χ0) is 13.4. The summed E-state index contributed by atoms with van der Waals surface area (Å²) in [7, 11) is 1.60. The maximum atomic E-state index is 11.8. The molecule has 0 fully saturated rings. The first-order valence-corrected chi connectivity index (χ1v) is 6.19. The predicted molar refractivity (Wildman–Crippen MR) is 71.2 cm³/mol. The van der Waals surface area contributed by atoms with E-state index < -0.39 is 0 Å². The Kier molecular flexibility index (Phi) is 6.22. The molecule has 1 amide bonds. The topological polar surface area (TPSA) is 47.6 Å². The molecule has 0 aliphatic heterocycles. The Hall–Kier alpha value is -1.55. The Labute approximate surface area is 108 Å². The highest BCUT2D eigenvalue weighted by Crippen LogP contribution is 2.18. The Morgan fingerprint density at radius 1 is 1.39 bits per heavy atom. The third-order valence-corrected chi connectivity index (χ3v) is 2.63. The Morgan fingerprint density at radius 2 is 2.17 bits per heavy atom. The van der Waals surface area contributed by atoms with Gasteiger partial charge >= 0.3 is 0 Å². The van der Waals surface area contributed by atoms with Gasteiger partial charge in [0.25, 0.3) is 5.91 Å². The quantitative estimate of drug-likeness (QED) is 0.755. The molecule has 0 aliphatic rings. The molecule has 0 atom stereocenters. The predicted octanol–water partition coefficient (Wildman–Crippen LogP) is 2.16. The summed E-state index contributed by atoms with van der Waals surface area (Å²) in [5.41, 5.74) is 1.64. The number of ether oxygens (including phenoxy) is 2. The second-order valence-corrected chi connectivity index (χ2v) is 3.99. The lowest BCUT2D eigenvalue weighted by molar-refractivity contribution is 0.0944. The SMILES string of the molecule is CCOCCCNC(=O)c1ccc(C)c(OC)c1. The molecule has 0 saturated heterocycles. The highest BCUT2D eigenvalue weighted by Gasteiger charge is 2.07. The molecule has 4 nitrogen and oxygen atoms in total. The van der Waals surface area contributed by atoms with E-state index in [2.05, 4.69) is 5.32 Å². The molecule has 0 aliphatic carbocycles. The molecule has 0 heterocycles. The van der Waals surface area contributed by atoms with Crippen molar-refractivity contribution in [3.8, 4) is 5.75 Å². The fraction of sp³-hybridized carbons (Fsp3) is 0.500. The van der Waals surface area contributed by atoms with Crippen LogP contribution in [0.4, 0.5) is 0 Å². The van der Waals surface area contributed by atoms with Gasteiger partial charge in [0, 0.05) is 25.3 Å². The minimum absolute atomic E-state index is 0.0789. The van der Waals surface area contributed by atoms with Gasteiger partial charge in [-0.1, -0.05) is 6.07 Å². The van der Waals surface area contributed by atoms with Crippen LogP contribution in [0.2, 0.25) is 0 Å². The van der Waals surface area contributed by atoms with Gasteiger partial charge in [0.1, 0.15) is 5.75 Å². The molecule has 1 N–H and O–H groups in total. The van der Waals surface area contributed by atoms with Gasteiger partial charge in [-0.15, -0.1) is 0 Å². The highest BCUT2D eigenvalue weighted by molar-refractivity contribution is 5.94. The number of hydrogen-bond acceptors (Lipinski definition) is 3. The van der Waals surface area contributed by atoms with E-state index >= 15 is 0 Å². The van der Waals surface area contributed by atoms with E-state index in [4.69, 9.17) is 9.47 Å². The largest absolute Gasteiger partial charge is 0.496 e. The molecule has 1 aromatic rings. The van der Waals surface area contributed by atoms with Crippen molar-refractivity contribution in [2.24, 2.45) is 0 Å². The van der Waals surface area contributed by atoms with Crippen molar-refractivity contribution in [2.45, 2.75) is 20.3 Å². The lowest BCUT2D eigenvalue weighted by Crippen LogP contribution is -2.25. The zero-order valence-corrected chi connectivity index (χ0v) is 11.3. The van der Waals surface area contributed by atoms with Crippen LogP contribution in [0.1, 0.15) is 29.3 Å². The van der Waals surface area contributed by atoms with Gasteiger partial charge in [-0.2, -0.15) is 0 Å². The van der Waals surface area contributed by atoms with E-state index in [0.717, 1.165) is 17.7 Å². The van der Waals surface area contributed by atoms with Crippen LogP contribution in [0.15, 0.2) is 18.2 Å². The van der Waals surface area contributed by atoms with Crippen molar-refractivity contribution in [2.75, 3.05) is 26.9 Å². The van der Waals surface area contributed by atoms with Gasteiger partial charge < -0.3 is 14.8 Å². The van der Waals surface area contributed by atoms with Crippen molar-refractivity contribution in [3.63, 3.8) is 0 Å². The second kappa shape index (κ2) is 7.71.